The second-order valence-corrected chi connectivity index (χ2v) is 7.71. The maximum absolute atomic E-state index is 11.8. The molecule has 1 atom stereocenters. The molecule has 0 saturated carbocycles. The predicted octanol–water partition coefficient (Wildman–Crippen LogP) is 6.32. The minimum absolute atomic E-state index is 0.0931. The van der Waals surface area contributed by atoms with Crippen molar-refractivity contribution in [1.29, 1.82) is 0 Å². The molecule has 0 heterocycles. The highest BCUT2D eigenvalue weighted by atomic mass is 79.9. The number of unbranched alkanes of at least 4 members (excludes halogenated alkanes) is 2. The van der Waals surface area contributed by atoms with E-state index in [0.29, 0.717) is 11.4 Å². The standard InChI is InChI=1S/C18H26BrClO2/c1-4-22-17(21)18(2,3)13-9-5-6-11-15(19)14-10-7-8-12-16(14)20/h7-8,10,12,15H,4-6,9,11,13H2,1-3H3/t15-/m1/s1. The van der Waals surface area contributed by atoms with Crippen LogP contribution in [0.1, 0.15) is 63.3 Å². The molecule has 1 aromatic rings. The molecule has 0 bridgehead atoms. The molecular formula is C18H26BrClO2. The van der Waals surface area contributed by atoms with Gasteiger partial charge in [-0.1, -0.05) is 65.0 Å². The number of carbonyl (C=O) groups is 1. The van der Waals surface area contributed by atoms with Crippen LogP contribution in [0.5, 0.6) is 0 Å². The Morgan fingerprint density at radius 2 is 1.95 bits per heavy atom. The topological polar surface area (TPSA) is 26.3 Å². The molecule has 124 valence electrons. The van der Waals surface area contributed by atoms with Crippen LogP contribution >= 0.6 is 27.5 Å². The second kappa shape index (κ2) is 9.57. The summed E-state index contributed by atoms with van der Waals surface area (Å²) in [5, 5.41) is 0.813. The van der Waals surface area contributed by atoms with Gasteiger partial charge in [-0.2, -0.15) is 0 Å². The Hall–Kier alpha value is -0.540. The van der Waals surface area contributed by atoms with E-state index in [0.717, 1.165) is 42.7 Å². The Morgan fingerprint density at radius 3 is 2.59 bits per heavy atom. The summed E-state index contributed by atoms with van der Waals surface area (Å²) in [7, 11) is 0. The molecule has 0 aliphatic rings. The van der Waals surface area contributed by atoms with Gasteiger partial charge >= 0.3 is 5.97 Å². The first-order chi connectivity index (χ1) is 10.4. The van der Waals surface area contributed by atoms with Crippen molar-refractivity contribution in [3.05, 3.63) is 34.9 Å². The first-order valence-electron chi connectivity index (χ1n) is 7.94. The Balaban J connectivity index is 2.28. The number of hydrogen-bond donors (Lipinski definition) is 0. The van der Waals surface area contributed by atoms with Gasteiger partial charge in [0, 0.05) is 9.85 Å². The van der Waals surface area contributed by atoms with Crippen molar-refractivity contribution >= 4 is 33.5 Å². The summed E-state index contributed by atoms with van der Waals surface area (Å²) < 4.78 is 5.11. The molecular weight excluding hydrogens is 364 g/mol. The summed E-state index contributed by atoms with van der Waals surface area (Å²) in [4.78, 5) is 12.1. The number of rotatable bonds is 9. The highest BCUT2D eigenvalue weighted by Gasteiger charge is 2.28. The maximum Gasteiger partial charge on any atom is 0.311 e. The average Bonchev–Trinajstić information content (AvgIpc) is 2.47. The zero-order valence-corrected chi connectivity index (χ0v) is 16.0. The zero-order chi connectivity index (χ0) is 16.6. The van der Waals surface area contributed by atoms with Crippen LogP contribution in [0.3, 0.4) is 0 Å². The fraction of sp³-hybridized carbons (Fsp3) is 0.611. The summed E-state index contributed by atoms with van der Waals surface area (Å²) in [5.41, 5.74) is 0.767. The van der Waals surface area contributed by atoms with E-state index in [1.807, 2.05) is 39.0 Å². The molecule has 0 amide bonds. The van der Waals surface area contributed by atoms with Gasteiger partial charge in [-0.15, -0.1) is 0 Å². The number of hydrogen-bond acceptors (Lipinski definition) is 2. The van der Waals surface area contributed by atoms with Crippen LogP contribution in [0.4, 0.5) is 0 Å². The number of esters is 1. The van der Waals surface area contributed by atoms with Gasteiger partial charge in [0.2, 0.25) is 0 Å². The molecule has 0 aromatic heterocycles. The van der Waals surface area contributed by atoms with Crippen molar-refractivity contribution in [2.75, 3.05) is 6.61 Å². The summed E-state index contributed by atoms with van der Waals surface area (Å²) >= 11 is 9.92. The molecule has 0 saturated heterocycles. The lowest BCUT2D eigenvalue weighted by molar-refractivity contribution is -0.153. The second-order valence-electron chi connectivity index (χ2n) is 6.19. The molecule has 0 N–H and O–H groups in total. The van der Waals surface area contributed by atoms with Crippen molar-refractivity contribution in [2.45, 2.75) is 57.7 Å². The summed E-state index contributed by atoms with van der Waals surface area (Å²) in [6, 6.07) is 7.94. The SMILES string of the molecule is CCOC(=O)C(C)(C)CCCCC[C@@H](Br)c1ccccc1Cl. The number of carbonyl (C=O) groups excluding carboxylic acids is 1. The number of alkyl halides is 1. The Kier molecular flexibility index (Phi) is 8.48. The van der Waals surface area contributed by atoms with E-state index in [4.69, 9.17) is 16.3 Å². The van der Waals surface area contributed by atoms with Gasteiger partial charge < -0.3 is 4.74 Å². The van der Waals surface area contributed by atoms with E-state index < -0.39 is 0 Å². The third-order valence-electron chi connectivity index (χ3n) is 3.83. The Morgan fingerprint density at radius 1 is 1.27 bits per heavy atom. The summed E-state index contributed by atoms with van der Waals surface area (Å²) in [6.45, 7) is 6.22. The highest BCUT2D eigenvalue weighted by Crippen LogP contribution is 2.34. The normalized spacial score (nSPS) is 13.0. The van der Waals surface area contributed by atoms with Crippen LogP contribution in [0, 0.1) is 5.41 Å². The molecule has 2 nitrogen and oxygen atoms in total. The third kappa shape index (κ3) is 6.29. The van der Waals surface area contributed by atoms with Crippen molar-refractivity contribution in [3.8, 4) is 0 Å². The minimum Gasteiger partial charge on any atom is -0.466 e. The molecule has 22 heavy (non-hydrogen) atoms. The molecule has 0 radical (unpaired) electrons. The van der Waals surface area contributed by atoms with E-state index in [9.17, 15) is 4.79 Å². The van der Waals surface area contributed by atoms with E-state index in [-0.39, 0.29) is 11.4 Å². The van der Waals surface area contributed by atoms with Crippen LogP contribution in [0.25, 0.3) is 0 Å². The molecule has 1 rings (SSSR count). The van der Waals surface area contributed by atoms with Crippen LogP contribution in [-0.4, -0.2) is 12.6 Å². The van der Waals surface area contributed by atoms with Gasteiger partial charge in [0.25, 0.3) is 0 Å². The van der Waals surface area contributed by atoms with Gasteiger partial charge in [-0.25, -0.2) is 0 Å². The lowest BCUT2D eigenvalue weighted by atomic mass is 9.87. The van der Waals surface area contributed by atoms with E-state index in [1.165, 1.54) is 0 Å². The number of halogens is 2. The van der Waals surface area contributed by atoms with Crippen molar-refractivity contribution in [3.63, 3.8) is 0 Å². The van der Waals surface area contributed by atoms with E-state index in [1.54, 1.807) is 0 Å². The molecule has 0 aliphatic heterocycles. The molecule has 1 aromatic carbocycles. The Labute approximate surface area is 147 Å². The number of benzene rings is 1. The van der Waals surface area contributed by atoms with Gasteiger partial charge in [0.05, 0.1) is 12.0 Å². The molecule has 0 fully saturated rings. The van der Waals surface area contributed by atoms with E-state index >= 15 is 0 Å². The van der Waals surface area contributed by atoms with Gasteiger partial charge in [0.15, 0.2) is 0 Å². The molecule has 0 spiro atoms. The fourth-order valence-corrected chi connectivity index (χ4v) is 3.50. The summed E-state index contributed by atoms with van der Waals surface area (Å²) in [6.07, 6.45) is 5.16. The largest absolute Gasteiger partial charge is 0.466 e. The lowest BCUT2D eigenvalue weighted by Crippen LogP contribution is -2.26. The van der Waals surface area contributed by atoms with Crippen LogP contribution in [0.15, 0.2) is 24.3 Å². The van der Waals surface area contributed by atoms with Gasteiger partial charge in [-0.05, 0) is 45.2 Å². The first-order valence-corrected chi connectivity index (χ1v) is 9.23. The highest BCUT2D eigenvalue weighted by molar-refractivity contribution is 9.09. The summed E-state index contributed by atoms with van der Waals surface area (Å²) in [5.74, 6) is -0.0931. The smallest absolute Gasteiger partial charge is 0.311 e. The van der Waals surface area contributed by atoms with Crippen molar-refractivity contribution < 1.29 is 9.53 Å². The lowest BCUT2D eigenvalue weighted by Gasteiger charge is -2.22. The molecule has 0 aliphatic carbocycles. The minimum atomic E-state index is -0.382. The van der Waals surface area contributed by atoms with Crippen LogP contribution in [-0.2, 0) is 9.53 Å². The van der Waals surface area contributed by atoms with E-state index in [2.05, 4.69) is 22.0 Å². The first kappa shape index (κ1) is 19.5. The number of ether oxygens (including phenoxy) is 1. The predicted molar refractivity (Wildman–Crippen MR) is 96.6 cm³/mol. The average molecular weight is 390 g/mol. The molecule has 4 heteroatoms. The fourth-order valence-electron chi connectivity index (χ4n) is 2.38. The molecule has 0 unspecified atom stereocenters. The van der Waals surface area contributed by atoms with Crippen LogP contribution < -0.4 is 0 Å². The Bertz CT molecular complexity index is 474. The quantitative estimate of drug-likeness (QED) is 0.281. The van der Waals surface area contributed by atoms with Crippen LogP contribution in [0.2, 0.25) is 5.02 Å². The third-order valence-corrected chi connectivity index (χ3v) is 5.13. The van der Waals surface area contributed by atoms with Gasteiger partial charge in [-0.3, -0.25) is 4.79 Å². The van der Waals surface area contributed by atoms with Crippen molar-refractivity contribution in [2.24, 2.45) is 5.41 Å². The monoisotopic (exact) mass is 388 g/mol. The zero-order valence-electron chi connectivity index (χ0n) is 13.7. The maximum atomic E-state index is 11.8. The van der Waals surface area contributed by atoms with Gasteiger partial charge in [0.1, 0.15) is 0 Å². The van der Waals surface area contributed by atoms with Crippen molar-refractivity contribution in [1.82, 2.24) is 0 Å².